The molecule has 2 aromatic rings. The molecule has 1 aliphatic rings. The molecule has 0 bridgehead atoms. The zero-order valence-corrected chi connectivity index (χ0v) is 14.1. The summed E-state index contributed by atoms with van der Waals surface area (Å²) in [4.78, 5) is 0. The fraction of sp³-hybridized carbons (Fsp3) is 0.294. The molecule has 1 aliphatic carbocycles. The summed E-state index contributed by atoms with van der Waals surface area (Å²) >= 11 is 9.47. The van der Waals surface area contributed by atoms with Crippen molar-refractivity contribution < 1.29 is 4.74 Å². The van der Waals surface area contributed by atoms with Crippen LogP contribution in [0.5, 0.6) is 5.75 Å². The van der Waals surface area contributed by atoms with E-state index in [0.29, 0.717) is 12.0 Å². The minimum Gasteiger partial charge on any atom is -0.496 e. The van der Waals surface area contributed by atoms with Crippen molar-refractivity contribution in [2.24, 2.45) is 0 Å². The van der Waals surface area contributed by atoms with Crippen molar-refractivity contribution in [2.75, 3.05) is 12.4 Å². The molecule has 2 aromatic carbocycles. The maximum Gasteiger partial charge on any atom is 0.122 e. The molecule has 0 heterocycles. The van der Waals surface area contributed by atoms with Gasteiger partial charge < -0.3 is 10.1 Å². The molecule has 0 amide bonds. The van der Waals surface area contributed by atoms with Gasteiger partial charge in [0.1, 0.15) is 5.75 Å². The second kappa shape index (κ2) is 6.29. The molecule has 0 radical (unpaired) electrons. The number of hydrogen-bond donors (Lipinski definition) is 1. The van der Waals surface area contributed by atoms with E-state index in [1.54, 1.807) is 7.11 Å². The van der Waals surface area contributed by atoms with E-state index in [-0.39, 0.29) is 0 Å². The van der Waals surface area contributed by atoms with E-state index in [1.165, 1.54) is 5.56 Å². The van der Waals surface area contributed by atoms with Gasteiger partial charge in [0.2, 0.25) is 0 Å². The Morgan fingerprint density at radius 1 is 1.19 bits per heavy atom. The quantitative estimate of drug-likeness (QED) is 0.774. The third-order valence-electron chi connectivity index (χ3n) is 4.01. The highest BCUT2D eigenvalue weighted by Crippen LogP contribution is 2.42. The van der Waals surface area contributed by atoms with E-state index < -0.39 is 0 Å². The van der Waals surface area contributed by atoms with Crippen LogP contribution in [0.4, 0.5) is 5.69 Å². The summed E-state index contributed by atoms with van der Waals surface area (Å²) in [6, 6.07) is 14.8. The van der Waals surface area contributed by atoms with Crippen molar-refractivity contribution in [3.63, 3.8) is 0 Å². The third-order valence-corrected chi connectivity index (χ3v) is 5.22. The Morgan fingerprint density at radius 3 is 2.67 bits per heavy atom. The van der Waals surface area contributed by atoms with Crippen LogP contribution in [0.25, 0.3) is 0 Å². The number of benzene rings is 2. The molecule has 21 heavy (non-hydrogen) atoms. The van der Waals surface area contributed by atoms with Crippen molar-refractivity contribution in [3.8, 4) is 5.75 Å². The van der Waals surface area contributed by atoms with E-state index in [1.807, 2.05) is 30.3 Å². The van der Waals surface area contributed by atoms with Gasteiger partial charge in [0.15, 0.2) is 0 Å². The second-order valence-electron chi connectivity index (χ2n) is 5.38. The van der Waals surface area contributed by atoms with Crippen LogP contribution in [0.2, 0.25) is 5.02 Å². The molecular formula is C17H17BrClNO. The van der Waals surface area contributed by atoms with Gasteiger partial charge in [-0.25, -0.2) is 0 Å². The normalized spacial score (nSPS) is 20.7. The standard InChI is InChI=1S/C17H17BrClNO/c1-21-17-5-3-2-4-14(17)11-8-13(9-11)20-12-6-7-16(19)15(18)10-12/h2-7,10-11,13,20H,8-9H2,1H3. The SMILES string of the molecule is COc1ccccc1C1CC(Nc2ccc(Cl)c(Br)c2)C1. The lowest BCUT2D eigenvalue weighted by atomic mass is 9.75. The first kappa shape index (κ1) is 14.7. The largest absolute Gasteiger partial charge is 0.496 e. The number of hydrogen-bond acceptors (Lipinski definition) is 2. The fourth-order valence-corrected chi connectivity index (χ4v) is 3.31. The number of rotatable bonds is 4. The summed E-state index contributed by atoms with van der Waals surface area (Å²) in [6.45, 7) is 0. The molecule has 4 heteroatoms. The minimum absolute atomic E-state index is 0.507. The van der Waals surface area contributed by atoms with E-state index in [4.69, 9.17) is 16.3 Å². The van der Waals surface area contributed by atoms with Crippen LogP contribution in [-0.2, 0) is 0 Å². The zero-order valence-electron chi connectivity index (χ0n) is 11.8. The molecule has 110 valence electrons. The van der Waals surface area contributed by atoms with E-state index in [9.17, 15) is 0 Å². The van der Waals surface area contributed by atoms with Crippen molar-refractivity contribution in [1.29, 1.82) is 0 Å². The summed E-state index contributed by atoms with van der Waals surface area (Å²) < 4.78 is 6.37. The lowest BCUT2D eigenvalue weighted by molar-refractivity contribution is 0.350. The van der Waals surface area contributed by atoms with Crippen LogP contribution in [0.1, 0.15) is 24.3 Å². The predicted octanol–water partition coefficient (Wildman–Crippen LogP) is 5.47. The zero-order chi connectivity index (χ0) is 14.8. The number of nitrogens with one attached hydrogen (secondary N) is 1. The van der Waals surface area contributed by atoms with Crippen LogP contribution < -0.4 is 10.1 Å². The Bertz CT molecular complexity index is 640. The van der Waals surface area contributed by atoms with Gasteiger partial charge in [-0.2, -0.15) is 0 Å². The topological polar surface area (TPSA) is 21.3 Å². The first-order chi connectivity index (χ1) is 10.2. The number of ether oxygens (including phenoxy) is 1. The Kier molecular flexibility index (Phi) is 4.41. The molecule has 0 saturated heterocycles. The van der Waals surface area contributed by atoms with E-state index in [2.05, 4.69) is 33.4 Å². The van der Waals surface area contributed by atoms with Crippen LogP contribution in [0.15, 0.2) is 46.9 Å². The highest BCUT2D eigenvalue weighted by atomic mass is 79.9. The first-order valence-electron chi connectivity index (χ1n) is 7.02. The van der Waals surface area contributed by atoms with E-state index >= 15 is 0 Å². The van der Waals surface area contributed by atoms with Crippen LogP contribution in [0.3, 0.4) is 0 Å². The highest BCUT2D eigenvalue weighted by molar-refractivity contribution is 9.10. The average Bonchev–Trinajstić information content (AvgIpc) is 2.46. The van der Waals surface area contributed by atoms with Gasteiger partial charge in [-0.3, -0.25) is 0 Å². The molecule has 0 atom stereocenters. The van der Waals surface area contributed by atoms with Gasteiger partial charge in [-0.1, -0.05) is 29.8 Å². The van der Waals surface area contributed by atoms with Crippen molar-refractivity contribution in [3.05, 3.63) is 57.5 Å². The van der Waals surface area contributed by atoms with Gasteiger partial charge >= 0.3 is 0 Å². The van der Waals surface area contributed by atoms with Crippen LogP contribution in [0, 0.1) is 0 Å². The molecule has 0 aliphatic heterocycles. The maximum absolute atomic E-state index is 6.01. The summed E-state index contributed by atoms with van der Waals surface area (Å²) in [5.41, 5.74) is 2.42. The molecular weight excluding hydrogens is 350 g/mol. The third kappa shape index (κ3) is 3.19. The summed E-state index contributed by atoms with van der Waals surface area (Å²) in [6.07, 6.45) is 2.25. The average molecular weight is 367 g/mol. The Hall–Kier alpha value is -1.19. The first-order valence-corrected chi connectivity index (χ1v) is 8.19. The number of anilines is 1. The van der Waals surface area contributed by atoms with Gasteiger partial charge in [0.05, 0.1) is 12.1 Å². The Labute approximate surface area is 138 Å². The van der Waals surface area contributed by atoms with Crippen molar-refractivity contribution in [2.45, 2.75) is 24.8 Å². The highest BCUT2D eigenvalue weighted by Gasteiger charge is 2.31. The number of methoxy groups -OCH3 is 1. The molecule has 0 unspecified atom stereocenters. The Balaban J connectivity index is 1.62. The van der Waals surface area contributed by atoms with Crippen LogP contribution in [-0.4, -0.2) is 13.2 Å². The lowest BCUT2D eigenvalue weighted by Crippen LogP contribution is -2.34. The molecule has 1 saturated carbocycles. The predicted molar refractivity (Wildman–Crippen MR) is 91.5 cm³/mol. The van der Waals surface area contributed by atoms with Crippen molar-refractivity contribution in [1.82, 2.24) is 0 Å². The monoisotopic (exact) mass is 365 g/mol. The van der Waals surface area contributed by atoms with Crippen molar-refractivity contribution >= 4 is 33.2 Å². The molecule has 2 nitrogen and oxygen atoms in total. The van der Waals surface area contributed by atoms with Gasteiger partial charge in [-0.15, -0.1) is 0 Å². The Morgan fingerprint density at radius 2 is 1.95 bits per heavy atom. The number of halogens is 2. The summed E-state index contributed by atoms with van der Waals surface area (Å²) in [7, 11) is 1.73. The molecule has 1 N–H and O–H groups in total. The second-order valence-corrected chi connectivity index (χ2v) is 6.64. The van der Waals surface area contributed by atoms with Gasteiger partial charge in [0.25, 0.3) is 0 Å². The van der Waals surface area contributed by atoms with E-state index in [0.717, 1.165) is 33.8 Å². The maximum atomic E-state index is 6.01. The summed E-state index contributed by atoms with van der Waals surface area (Å²) in [5.74, 6) is 1.57. The molecule has 1 fully saturated rings. The molecule has 3 rings (SSSR count). The lowest BCUT2D eigenvalue weighted by Gasteiger charge is -2.37. The fourth-order valence-electron chi connectivity index (χ4n) is 2.81. The smallest absolute Gasteiger partial charge is 0.122 e. The van der Waals surface area contributed by atoms with Gasteiger partial charge in [-0.05, 0) is 64.5 Å². The summed E-state index contributed by atoms with van der Waals surface area (Å²) in [5, 5.41) is 4.29. The minimum atomic E-state index is 0.507. The number of para-hydroxylation sites is 1. The van der Waals surface area contributed by atoms with Gasteiger partial charge in [0, 0.05) is 16.2 Å². The molecule has 0 spiro atoms. The van der Waals surface area contributed by atoms with Crippen LogP contribution >= 0.6 is 27.5 Å². The molecule has 0 aromatic heterocycles.